The van der Waals surface area contributed by atoms with Crippen LogP contribution in [0.5, 0.6) is 0 Å². The molecule has 1 N–H and O–H groups in total. The van der Waals surface area contributed by atoms with Crippen LogP contribution < -0.4 is 5.32 Å². The summed E-state index contributed by atoms with van der Waals surface area (Å²) < 4.78 is 2.18. The Morgan fingerprint density at radius 1 is 1.19 bits per heavy atom. The molecule has 0 saturated heterocycles. The Kier molecular flexibility index (Phi) is 4.98. The first-order chi connectivity index (χ1) is 12.8. The number of hydrogen-bond donors (Lipinski definition) is 1. The fraction of sp³-hybridized carbons (Fsp3) is 0.400. The van der Waals surface area contributed by atoms with Crippen LogP contribution in [0.15, 0.2) is 40.4 Å². The molecule has 0 amide bonds. The predicted octanol–water partition coefficient (Wildman–Crippen LogP) is 3.62. The van der Waals surface area contributed by atoms with E-state index in [1.807, 2.05) is 19.3 Å². The van der Waals surface area contributed by atoms with Crippen LogP contribution in [0.25, 0.3) is 22.2 Å². The molecule has 5 nitrogen and oxygen atoms in total. The minimum absolute atomic E-state index is 0.852. The van der Waals surface area contributed by atoms with Crippen molar-refractivity contribution in [2.24, 2.45) is 0 Å². The average Bonchev–Trinajstić information content (AvgIpc) is 3.05. The smallest absolute Gasteiger partial charge is 0.110 e. The first-order valence-corrected chi connectivity index (χ1v) is 10.1. The van der Waals surface area contributed by atoms with E-state index in [1.165, 1.54) is 21.4 Å². The summed E-state index contributed by atoms with van der Waals surface area (Å²) in [5.41, 5.74) is 4.77. The maximum absolute atomic E-state index is 5.02. The Morgan fingerprint density at radius 2 is 2.04 bits per heavy atom. The highest BCUT2D eigenvalue weighted by molar-refractivity contribution is 7.99. The molecule has 0 aliphatic carbocycles. The second-order valence-corrected chi connectivity index (χ2v) is 7.53. The second kappa shape index (κ2) is 7.39. The van der Waals surface area contributed by atoms with Gasteiger partial charge in [0.2, 0.25) is 0 Å². The van der Waals surface area contributed by atoms with Crippen LogP contribution in [-0.2, 0) is 13.1 Å². The van der Waals surface area contributed by atoms with Crippen molar-refractivity contribution in [3.63, 3.8) is 0 Å². The lowest BCUT2D eigenvalue weighted by Gasteiger charge is -2.18. The van der Waals surface area contributed by atoms with E-state index in [2.05, 4.69) is 51.9 Å². The second-order valence-electron chi connectivity index (χ2n) is 6.54. The highest BCUT2D eigenvalue weighted by atomic mass is 32.2. The van der Waals surface area contributed by atoms with Gasteiger partial charge < -0.3 is 10.2 Å². The topological polar surface area (TPSA) is 46.0 Å². The number of benzene rings is 1. The molecule has 0 bridgehead atoms. The maximum atomic E-state index is 5.02. The summed E-state index contributed by atoms with van der Waals surface area (Å²) in [6.07, 6.45) is 1.87. The van der Waals surface area contributed by atoms with Gasteiger partial charge in [-0.15, -0.1) is 0 Å². The monoisotopic (exact) mass is 367 g/mol. The molecule has 6 heteroatoms. The van der Waals surface area contributed by atoms with Crippen LogP contribution in [0, 0.1) is 0 Å². The summed E-state index contributed by atoms with van der Waals surface area (Å²) in [7, 11) is 1.99. The molecule has 2 aromatic heterocycles. The van der Waals surface area contributed by atoms with Gasteiger partial charge in [-0.2, -0.15) is 5.10 Å². The van der Waals surface area contributed by atoms with E-state index in [9.17, 15) is 0 Å². The maximum Gasteiger partial charge on any atom is 0.110 e. The third kappa shape index (κ3) is 2.92. The van der Waals surface area contributed by atoms with E-state index in [-0.39, 0.29) is 0 Å². The number of fused-ring (bicyclic) bond motifs is 2. The lowest BCUT2D eigenvalue weighted by molar-refractivity contribution is 0.287. The van der Waals surface area contributed by atoms with E-state index in [0.29, 0.717) is 0 Å². The summed E-state index contributed by atoms with van der Waals surface area (Å²) >= 11 is 1.77. The van der Waals surface area contributed by atoms with Crippen molar-refractivity contribution in [1.82, 2.24) is 25.0 Å². The van der Waals surface area contributed by atoms with Gasteiger partial charge in [0.15, 0.2) is 0 Å². The van der Waals surface area contributed by atoms with E-state index in [1.54, 1.807) is 11.8 Å². The largest absolute Gasteiger partial charge is 0.316 e. The number of nitrogens with one attached hydrogen (secondary N) is 1. The predicted molar refractivity (Wildman–Crippen MR) is 108 cm³/mol. The van der Waals surface area contributed by atoms with Crippen molar-refractivity contribution in [3.05, 3.63) is 36.0 Å². The number of nitrogens with zero attached hydrogens (tertiary/aromatic N) is 4. The summed E-state index contributed by atoms with van der Waals surface area (Å²) in [4.78, 5) is 8.34. The van der Waals surface area contributed by atoms with Crippen LogP contribution in [0.4, 0.5) is 0 Å². The molecule has 0 atom stereocenters. The Labute approximate surface area is 158 Å². The quantitative estimate of drug-likeness (QED) is 0.540. The third-order valence-corrected chi connectivity index (χ3v) is 6.26. The van der Waals surface area contributed by atoms with Crippen LogP contribution >= 0.6 is 11.8 Å². The van der Waals surface area contributed by atoms with Gasteiger partial charge in [-0.3, -0.25) is 4.68 Å². The van der Waals surface area contributed by atoms with Crippen molar-refractivity contribution >= 4 is 22.7 Å². The molecule has 1 aromatic carbocycles. The minimum atomic E-state index is 0.852. The van der Waals surface area contributed by atoms with Crippen molar-refractivity contribution in [3.8, 4) is 11.3 Å². The number of pyridine rings is 1. The van der Waals surface area contributed by atoms with Gasteiger partial charge in [0.05, 0.1) is 12.1 Å². The van der Waals surface area contributed by atoms with Gasteiger partial charge in [-0.05, 0) is 43.9 Å². The highest BCUT2D eigenvalue weighted by Crippen LogP contribution is 2.47. The number of rotatable bonds is 7. The fourth-order valence-corrected chi connectivity index (χ4v) is 4.77. The zero-order valence-corrected chi connectivity index (χ0v) is 16.4. The lowest BCUT2D eigenvalue weighted by Crippen LogP contribution is -2.27. The third-order valence-electron chi connectivity index (χ3n) is 5.07. The van der Waals surface area contributed by atoms with Gasteiger partial charge in [0.1, 0.15) is 10.7 Å². The first kappa shape index (κ1) is 17.5. The van der Waals surface area contributed by atoms with E-state index < -0.39 is 0 Å². The fourth-order valence-electron chi connectivity index (χ4n) is 3.61. The molecule has 0 fully saturated rings. The summed E-state index contributed by atoms with van der Waals surface area (Å²) in [6, 6.07) is 8.60. The molecule has 3 heterocycles. The van der Waals surface area contributed by atoms with Crippen LogP contribution in [0.3, 0.4) is 0 Å². The molecule has 4 rings (SSSR count). The highest BCUT2D eigenvalue weighted by Gasteiger charge is 2.26. The molecule has 0 unspecified atom stereocenters. The van der Waals surface area contributed by atoms with Gasteiger partial charge in [0.25, 0.3) is 0 Å². The van der Waals surface area contributed by atoms with Crippen molar-refractivity contribution in [2.45, 2.75) is 36.9 Å². The lowest BCUT2D eigenvalue weighted by atomic mass is 10.1. The zero-order valence-electron chi connectivity index (χ0n) is 15.6. The van der Waals surface area contributed by atoms with Gasteiger partial charge >= 0.3 is 0 Å². The molecule has 3 aromatic rings. The van der Waals surface area contributed by atoms with Crippen LogP contribution in [-0.4, -0.2) is 46.3 Å². The van der Waals surface area contributed by atoms with E-state index in [0.717, 1.165) is 49.0 Å². The Bertz CT molecular complexity index is 929. The van der Waals surface area contributed by atoms with Gasteiger partial charge in [-0.25, -0.2) is 4.98 Å². The standard InChI is InChI=1S/C20H25N5S/c1-4-24(5-2)11-12-25-16-9-8-14(13-21-3)19-17(16)18(23-25)15-7-6-10-22-20(15)26-19/h6-10,21H,4-5,11-13H2,1-3H3. The molecule has 0 radical (unpaired) electrons. The van der Waals surface area contributed by atoms with Crippen molar-refractivity contribution < 1.29 is 0 Å². The SMILES string of the molecule is CCN(CC)CCn1nc2c3c(c(CNC)ccc31)Sc1ncccc1-2. The van der Waals surface area contributed by atoms with Crippen LogP contribution in [0.1, 0.15) is 19.4 Å². The molecule has 0 spiro atoms. The minimum Gasteiger partial charge on any atom is -0.316 e. The summed E-state index contributed by atoms with van der Waals surface area (Å²) in [6.45, 7) is 9.35. The number of hydrogen-bond acceptors (Lipinski definition) is 5. The van der Waals surface area contributed by atoms with Crippen molar-refractivity contribution in [1.29, 1.82) is 0 Å². The Morgan fingerprint density at radius 3 is 2.81 bits per heavy atom. The number of likely N-dealkylation sites (N-methyl/N-ethyl adjacent to an activating group) is 1. The molecule has 26 heavy (non-hydrogen) atoms. The molecular formula is C20H25N5S. The molecule has 136 valence electrons. The first-order valence-electron chi connectivity index (χ1n) is 9.29. The summed E-state index contributed by atoms with van der Waals surface area (Å²) in [5, 5.41) is 10.6. The van der Waals surface area contributed by atoms with E-state index >= 15 is 0 Å². The van der Waals surface area contributed by atoms with Crippen LogP contribution in [0.2, 0.25) is 0 Å². The summed E-state index contributed by atoms with van der Waals surface area (Å²) in [5.74, 6) is 0. The number of aromatic nitrogens is 3. The zero-order chi connectivity index (χ0) is 18.1. The average molecular weight is 368 g/mol. The van der Waals surface area contributed by atoms with Gasteiger partial charge in [0, 0.05) is 35.1 Å². The molecular weight excluding hydrogens is 342 g/mol. The van der Waals surface area contributed by atoms with Gasteiger partial charge in [-0.1, -0.05) is 31.7 Å². The molecule has 1 aliphatic rings. The molecule has 1 aliphatic heterocycles. The van der Waals surface area contributed by atoms with Crippen molar-refractivity contribution in [2.75, 3.05) is 26.7 Å². The Hall–Kier alpha value is -1.89. The molecule has 0 saturated carbocycles. The van der Waals surface area contributed by atoms with E-state index in [4.69, 9.17) is 5.10 Å². The Balaban J connectivity index is 1.84. The normalized spacial score (nSPS) is 12.8.